The second-order valence-electron chi connectivity index (χ2n) is 4.22. The fourth-order valence-electron chi connectivity index (χ4n) is 1.83. The zero-order valence-corrected chi connectivity index (χ0v) is 11.9. The Morgan fingerprint density at radius 2 is 2.06 bits per heavy atom. The predicted molar refractivity (Wildman–Crippen MR) is 83.4 cm³/mol. The molecule has 1 aromatic heterocycles. The zero-order valence-electron chi connectivity index (χ0n) is 10.3. The quantitative estimate of drug-likeness (QED) is 0.459. The summed E-state index contributed by atoms with van der Waals surface area (Å²) in [7, 11) is 0. The van der Waals surface area contributed by atoms with Crippen molar-refractivity contribution in [3.05, 3.63) is 52.7 Å². The molecular weight excluding hydrogens is 260 g/mol. The van der Waals surface area contributed by atoms with Gasteiger partial charge in [-0.25, -0.2) is 0 Å². The molecule has 0 amide bonds. The van der Waals surface area contributed by atoms with Crippen LogP contribution in [0.15, 0.2) is 47.2 Å². The van der Waals surface area contributed by atoms with Gasteiger partial charge < -0.3 is 0 Å². The summed E-state index contributed by atoms with van der Waals surface area (Å²) in [5.41, 5.74) is 3.86. The Morgan fingerprint density at radius 3 is 2.83 bits per heavy atom. The lowest BCUT2D eigenvalue weighted by Gasteiger charge is -2.00. The van der Waals surface area contributed by atoms with Gasteiger partial charge in [0.05, 0.1) is 0 Å². The van der Waals surface area contributed by atoms with E-state index in [4.69, 9.17) is 11.6 Å². The number of halogens is 1. The third-order valence-electron chi connectivity index (χ3n) is 2.81. The van der Waals surface area contributed by atoms with Crippen LogP contribution in [0.4, 0.5) is 0 Å². The van der Waals surface area contributed by atoms with Crippen LogP contribution in [0, 0.1) is 0 Å². The lowest BCUT2D eigenvalue weighted by molar-refractivity contribution is 0.822. The van der Waals surface area contributed by atoms with Crippen molar-refractivity contribution in [2.24, 2.45) is 0 Å². The number of allylic oxidation sites excluding steroid dienone is 1. The van der Waals surface area contributed by atoms with Crippen LogP contribution >= 0.6 is 22.9 Å². The van der Waals surface area contributed by atoms with Gasteiger partial charge in [-0.1, -0.05) is 30.4 Å². The first-order valence-electron chi connectivity index (χ1n) is 6.25. The van der Waals surface area contributed by atoms with Crippen LogP contribution < -0.4 is 0 Å². The third kappa shape index (κ3) is 4.01. The maximum atomic E-state index is 5.65. The highest BCUT2D eigenvalue weighted by atomic mass is 35.5. The second-order valence-corrected chi connectivity index (χ2v) is 5.38. The molecule has 2 aromatic rings. The van der Waals surface area contributed by atoms with Gasteiger partial charge in [-0.3, -0.25) is 0 Å². The fourth-order valence-corrected chi connectivity index (χ4v) is 2.68. The van der Waals surface area contributed by atoms with E-state index in [1.807, 2.05) is 0 Å². The number of alkyl halides is 1. The van der Waals surface area contributed by atoms with Gasteiger partial charge >= 0.3 is 0 Å². The Bertz CT molecular complexity index is 486. The number of unbranched alkanes of at least 4 members (excludes halogenated alkanes) is 2. The summed E-state index contributed by atoms with van der Waals surface area (Å²) in [5, 5.41) is 4.30. The SMILES string of the molecule is ClCCCCC=Cc1cccc(-c2ccsc2)c1. The first-order valence-corrected chi connectivity index (χ1v) is 7.73. The molecule has 18 heavy (non-hydrogen) atoms. The molecule has 0 nitrogen and oxygen atoms in total. The normalized spacial score (nSPS) is 11.2. The van der Waals surface area contributed by atoms with Crippen molar-refractivity contribution in [1.82, 2.24) is 0 Å². The maximum Gasteiger partial charge on any atom is 0.0223 e. The summed E-state index contributed by atoms with van der Waals surface area (Å²) in [4.78, 5) is 0. The van der Waals surface area contributed by atoms with E-state index in [2.05, 4.69) is 53.2 Å². The molecule has 0 bridgehead atoms. The molecule has 0 spiro atoms. The Morgan fingerprint density at radius 1 is 1.11 bits per heavy atom. The van der Waals surface area contributed by atoms with E-state index in [1.165, 1.54) is 23.1 Å². The summed E-state index contributed by atoms with van der Waals surface area (Å²) in [6.45, 7) is 0. The second kappa shape index (κ2) is 7.40. The van der Waals surface area contributed by atoms with Crippen molar-refractivity contribution < 1.29 is 0 Å². The summed E-state index contributed by atoms with van der Waals surface area (Å²) < 4.78 is 0. The van der Waals surface area contributed by atoms with Crippen LogP contribution in [0.25, 0.3) is 17.2 Å². The van der Waals surface area contributed by atoms with Crippen molar-refractivity contribution >= 4 is 29.0 Å². The highest BCUT2D eigenvalue weighted by molar-refractivity contribution is 7.08. The minimum absolute atomic E-state index is 0.765. The Labute approximate surface area is 118 Å². The van der Waals surface area contributed by atoms with Crippen molar-refractivity contribution in [2.45, 2.75) is 19.3 Å². The van der Waals surface area contributed by atoms with E-state index in [0.29, 0.717) is 0 Å². The van der Waals surface area contributed by atoms with Gasteiger partial charge in [0.2, 0.25) is 0 Å². The molecule has 0 saturated heterocycles. The molecule has 0 fully saturated rings. The Hall–Kier alpha value is -1.05. The van der Waals surface area contributed by atoms with Crippen molar-refractivity contribution in [3.8, 4) is 11.1 Å². The van der Waals surface area contributed by atoms with Crippen LogP contribution in [0.3, 0.4) is 0 Å². The molecule has 0 atom stereocenters. The molecule has 1 aromatic carbocycles. The van der Waals surface area contributed by atoms with Crippen molar-refractivity contribution in [2.75, 3.05) is 5.88 Å². The molecule has 0 radical (unpaired) electrons. The molecule has 2 rings (SSSR count). The number of benzene rings is 1. The summed E-state index contributed by atoms with van der Waals surface area (Å²) in [5.74, 6) is 0.765. The van der Waals surface area contributed by atoms with E-state index in [-0.39, 0.29) is 0 Å². The molecule has 2 heteroatoms. The Balaban J connectivity index is 1.99. The monoisotopic (exact) mass is 276 g/mol. The van der Waals surface area contributed by atoms with E-state index in [0.717, 1.165) is 18.7 Å². The van der Waals surface area contributed by atoms with Crippen LogP contribution in [-0.4, -0.2) is 5.88 Å². The van der Waals surface area contributed by atoms with Gasteiger partial charge in [-0.05, 0) is 58.8 Å². The molecule has 0 unspecified atom stereocenters. The lowest BCUT2D eigenvalue weighted by Crippen LogP contribution is -1.77. The molecular formula is C16H17ClS. The summed E-state index contributed by atoms with van der Waals surface area (Å²) in [6.07, 6.45) is 7.81. The largest absolute Gasteiger partial charge is 0.152 e. The molecule has 0 aliphatic heterocycles. The van der Waals surface area contributed by atoms with Crippen molar-refractivity contribution in [3.63, 3.8) is 0 Å². The van der Waals surface area contributed by atoms with Crippen molar-refractivity contribution in [1.29, 1.82) is 0 Å². The van der Waals surface area contributed by atoms with Gasteiger partial charge in [-0.15, -0.1) is 11.6 Å². The lowest BCUT2D eigenvalue weighted by atomic mass is 10.1. The standard InChI is InChI=1S/C16H17ClS/c17-10-4-2-1-3-6-14-7-5-8-15(12-14)16-9-11-18-13-16/h3,5-9,11-13H,1-2,4,10H2. The number of hydrogen-bond donors (Lipinski definition) is 0. The zero-order chi connectivity index (χ0) is 12.6. The van der Waals surface area contributed by atoms with E-state index >= 15 is 0 Å². The van der Waals surface area contributed by atoms with E-state index < -0.39 is 0 Å². The molecule has 0 aliphatic rings. The highest BCUT2D eigenvalue weighted by Crippen LogP contribution is 2.23. The van der Waals surface area contributed by atoms with Crippen LogP contribution in [-0.2, 0) is 0 Å². The summed E-state index contributed by atoms with van der Waals surface area (Å²) >= 11 is 7.39. The Kier molecular flexibility index (Phi) is 5.50. The topological polar surface area (TPSA) is 0 Å². The minimum Gasteiger partial charge on any atom is -0.152 e. The van der Waals surface area contributed by atoms with Gasteiger partial charge in [0.25, 0.3) is 0 Å². The third-order valence-corrected chi connectivity index (χ3v) is 3.76. The number of rotatable bonds is 6. The molecule has 0 aliphatic carbocycles. The van der Waals surface area contributed by atoms with Crippen LogP contribution in [0.2, 0.25) is 0 Å². The predicted octanol–water partition coefficient (Wildman–Crippen LogP) is 5.84. The molecule has 0 N–H and O–H groups in total. The minimum atomic E-state index is 0.765. The maximum absolute atomic E-state index is 5.65. The molecule has 0 saturated carbocycles. The molecule has 94 valence electrons. The number of hydrogen-bond acceptors (Lipinski definition) is 1. The summed E-state index contributed by atoms with van der Waals surface area (Å²) in [6, 6.07) is 10.8. The van der Waals surface area contributed by atoms with E-state index in [9.17, 15) is 0 Å². The average Bonchev–Trinajstić information content (AvgIpc) is 2.93. The van der Waals surface area contributed by atoms with Crippen LogP contribution in [0.5, 0.6) is 0 Å². The smallest absolute Gasteiger partial charge is 0.0223 e. The number of thiophene rings is 1. The van der Waals surface area contributed by atoms with Gasteiger partial charge in [0, 0.05) is 5.88 Å². The fraction of sp³-hybridized carbons (Fsp3) is 0.250. The first kappa shape index (κ1) is 13.4. The first-order chi connectivity index (χ1) is 8.90. The molecule has 1 heterocycles. The van der Waals surface area contributed by atoms with Crippen LogP contribution in [0.1, 0.15) is 24.8 Å². The van der Waals surface area contributed by atoms with Gasteiger partial charge in [-0.2, -0.15) is 11.3 Å². The van der Waals surface area contributed by atoms with Gasteiger partial charge in [0.1, 0.15) is 0 Å². The highest BCUT2D eigenvalue weighted by Gasteiger charge is 1.97. The van der Waals surface area contributed by atoms with Gasteiger partial charge in [0.15, 0.2) is 0 Å². The van der Waals surface area contributed by atoms with E-state index in [1.54, 1.807) is 11.3 Å². The average molecular weight is 277 g/mol.